The van der Waals surface area contributed by atoms with Crippen LogP contribution in [0.1, 0.15) is 16.2 Å². The fourth-order valence-electron chi connectivity index (χ4n) is 1.58. The number of nitrogens with zero attached hydrogens (tertiary/aromatic N) is 1. The molecule has 0 spiro atoms. The highest BCUT2D eigenvalue weighted by atomic mass is 16.4. The molecular formula is C10H10N2O2. The fraction of sp³-hybridized carbons (Fsp3) is 0.100. The Kier molecular flexibility index (Phi) is 1.70. The Balaban J connectivity index is 2.90. The van der Waals surface area contributed by atoms with Crippen molar-refractivity contribution >= 4 is 17.2 Å². The molecule has 72 valence electrons. The minimum absolute atomic E-state index is 0.241. The van der Waals surface area contributed by atoms with Crippen molar-refractivity contribution in [2.45, 2.75) is 6.92 Å². The number of aryl methyl sites for hydroxylation is 1. The second-order valence-electron chi connectivity index (χ2n) is 3.17. The van der Waals surface area contributed by atoms with Crippen LogP contribution in [0.3, 0.4) is 0 Å². The van der Waals surface area contributed by atoms with E-state index in [1.54, 1.807) is 28.7 Å². The van der Waals surface area contributed by atoms with E-state index in [9.17, 15) is 4.79 Å². The van der Waals surface area contributed by atoms with E-state index in [-0.39, 0.29) is 5.69 Å². The Hall–Kier alpha value is -1.97. The lowest BCUT2D eigenvalue weighted by Gasteiger charge is -2.05. The highest BCUT2D eigenvalue weighted by molar-refractivity contribution is 5.89. The molecule has 14 heavy (non-hydrogen) atoms. The third kappa shape index (κ3) is 1.04. The number of anilines is 1. The van der Waals surface area contributed by atoms with Crippen LogP contribution in [0.2, 0.25) is 0 Å². The maximum absolute atomic E-state index is 10.9. The summed E-state index contributed by atoms with van der Waals surface area (Å²) < 4.78 is 1.64. The second-order valence-corrected chi connectivity index (χ2v) is 3.17. The maximum Gasteiger partial charge on any atom is 0.352 e. The van der Waals surface area contributed by atoms with Gasteiger partial charge in [-0.2, -0.15) is 0 Å². The van der Waals surface area contributed by atoms with E-state index in [0.29, 0.717) is 5.69 Å². The highest BCUT2D eigenvalue weighted by Crippen LogP contribution is 2.19. The number of rotatable bonds is 1. The SMILES string of the molecule is Cc1ccc(N)c2ccc(C(=O)O)n12. The summed E-state index contributed by atoms with van der Waals surface area (Å²) in [6.07, 6.45) is 0. The van der Waals surface area contributed by atoms with Crippen LogP contribution in [-0.2, 0) is 0 Å². The molecule has 0 unspecified atom stereocenters. The predicted molar refractivity (Wildman–Crippen MR) is 53.5 cm³/mol. The first kappa shape index (κ1) is 8.62. The van der Waals surface area contributed by atoms with Crippen LogP contribution in [0.25, 0.3) is 5.52 Å². The smallest absolute Gasteiger partial charge is 0.352 e. The van der Waals surface area contributed by atoms with Crippen molar-refractivity contribution in [1.82, 2.24) is 4.40 Å². The van der Waals surface area contributed by atoms with Gasteiger partial charge in [-0.15, -0.1) is 0 Å². The van der Waals surface area contributed by atoms with Crippen LogP contribution in [0.4, 0.5) is 5.69 Å². The van der Waals surface area contributed by atoms with Crippen molar-refractivity contribution in [1.29, 1.82) is 0 Å². The molecule has 4 heteroatoms. The molecule has 2 aromatic heterocycles. The van der Waals surface area contributed by atoms with Crippen molar-refractivity contribution in [3.8, 4) is 0 Å². The van der Waals surface area contributed by atoms with E-state index < -0.39 is 5.97 Å². The van der Waals surface area contributed by atoms with Crippen LogP contribution < -0.4 is 5.73 Å². The van der Waals surface area contributed by atoms with Crippen molar-refractivity contribution < 1.29 is 9.90 Å². The van der Waals surface area contributed by atoms with Crippen LogP contribution in [0.5, 0.6) is 0 Å². The number of carboxylic acid groups (broad SMARTS) is 1. The zero-order chi connectivity index (χ0) is 10.3. The summed E-state index contributed by atoms with van der Waals surface area (Å²) in [5.41, 5.74) is 8.15. The van der Waals surface area contributed by atoms with Gasteiger partial charge in [0.05, 0.1) is 11.2 Å². The van der Waals surface area contributed by atoms with Crippen LogP contribution in [0.15, 0.2) is 24.3 Å². The van der Waals surface area contributed by atoms with E-state index in [1.807, 2.05) is 6.92 Å². The summed E-state index contributed by atoms with van der Waals surface area (Å²) in [6.45, 7) is 1.85. The van der Waals surface area contributed by atoms with E-state index >= 15 is 0 Å². The number of nitrogen functional groups attached to an aromatic ring is 1. The maximum atomic E-state index is 10.9. The number of carbonyl (C=O) groups is 1. The molecule has 3 N–H and O–H groups in total. The largest absolute Gasteiger partial charge is 0.477 e. The quantitative estimate of drug-likeness (QED) is 0.716. The molecule has 0 aromatic carbocycles. The van der Waals surface area contributed by atoms with Gasteiger partial charge >= 0.3 is 5.97 Å². The van der Waals surface area contributed by atoms with Crippen LogP contribution >= 0.6 is 0 Å². The number of carboxylic acids is 1. The third-order valence-corrected chi connectivity index (χ3v) is 2.25. The summed E-state index contributed by atoms with van der Waals surface area (Å²) in [6, 6.07) is 6.85. The van der Waals surface area contributed by atoms with Gasteiger partial charge in [-0.05, 0) is 31.2 Å². The molecule has 2 aromatic rings. The van der Waals surface area contributed by atoms with Crippen molar-refractivity contribution in [3.05, 3.63) is 35.7 Å². The zero-order valence-corrected chi connectivity index (χ0v) is 7.69. The molecule has 0 atom stereocenters. The molecule has 0 aliphatic rings. The van der Waals surface area contributed by atoms with Gasteiger partial charge in [-0.25, -0.2) is 4.79 Å². The van der Waals surface area contributed by atoms with E-state index in [1.165, 1.54) is 0 Å². The summed E-state index contributed by atoms with van der Waals surface area (Å²) >= 11 is 0. The summed E-state index contributed by atoms with van der Waals surface area (Å²) in [5, 5.41) is 8.93. The highest BCUT2D eigenvalue weighted by Gasteiger charge is 2.11. The molecule has 0 radical (unpaired) electrons. The van der Waals surface area contributed by atoms with Crippen molar-refractivity contribution in [3.63, 3.8) is 0 Å². The molecular weight excluding hydrogens is 180 g/mol. The molecule has 0 aliphatic carbocycles. The monoisotopic (exact) mass is 190 g/mol. The summed E-state index contributed by atoms with van der Waals surface area (Å²) in [4.78, 5) is 10.9. The number of aromatic carboxylic acids is 1. The topological polar surface area (TPSA) is 67.7 Å². The lowest BCUT2D eigenvalue weighted by molar-refractivity contribution is 0.0689. The summed E-state index contributed by atoms with van der Waals surface area (Å²) in [5.74, 6) is -0.946. The van der Waals surface area contributed by atoms with Gasteiger partial charge in [0.25, 0.3) is 0 Å². The predicted octanol–water partition coefficient (Wildman–Crippen LogP) is 1.53. The van der Waals surface area contributed by atoms with Gasteiger partial charge in [0.2, 0.25) is 0 Å². The standard InChI is InChI=1S/C10H10N2O2/c1-6-2-3-7(11)8-4-5-9(10(13)14)12(6)8/h2-5H,11H2,1H3,(H,13,14). The molecule has 0 amide bonds. The van der Waals surface area contributed by atoms with Crippen molar-refractivity contribution in [2.24, 2.45) is 0 Å². The number of nitrogens with two attached hydrogens (primary N) is 1. The van der Waals surface area contributed by atoms with Gasteiger partial charge in [0, 0.05) is 5.69 Å². The van der Waals surface area contributed by atoms with E-state index in [0.717, 1.165) is 11.2 Å². The first-order valence-corrected chi connectivity index (χ1v) is 4.21. The first-order chi connectivity index (χ1) is 6.61. The lowest BCUT2D eigenvalue weighted by Crippen LogP contribution is -2.04. The van der Waals surface area contributed by atoms with E-state index in [2.05, 4.69) is 0 Å². The van der Waals surface area contributed by atoms with Crippen LogP contribution in [0, 0.1) is 6.92 Å². The molecule has 0 saturated heterocycles. The molecule has 2 heterocycles. The minimum atomic E-state index is -0.946. The van der Waals surface area contributed by atoms with Gasteiger partial charge in [0.1, 0.15) is 5.69 Å². The van der Waals surface area contributed by atoms with Gasteiger partial charge in [-0.1, -0.05) is 0 Å². The molecule has 4 nitrogen and oxygen atoms in total. The average molecular weight is 190 g/mol. The Morgan fingerprint density at radius 1 is 1.36 bits per heavy atom. The van der Waals surface area contributed by atoms with Crippen LogP contribution in [-0.4, -0.2) is 15.5 Å². The number of aromatic nitrogens is 1. The minimum Gasteiger partial charge on any atom is -0.477 e. The number of fused-ring (bicyclic) bond motifs is 1. The zero-order valence-electron chi connectivity index (χ0n) is 7.69. The second kappa shape index (κ2) is 2.77. The number of hydrogen-bond donors (Lipinski definition) is 2. The average Bonchev–Trinajstić information content (AvgIpc) is 2.56. The Morgan fingerprint density at radius 3 is 2.71 bits per heavy atom. The number of hydrogen-bond acceptors (Lipinski definition) is 2. The Labute approximate surface area is 80.6 Å². The number of pyridine rings is 1. The van der Waals surface area contributed by atoms with Gasteiger partial charge < -0.3 is 15.2 Å². The lowest BCUT2D eigenvalue weighted by atomic mass is 10.3. The summed E-state index contributed by atoms with van der Waals surface area (Å²) in [7, 11) is 0. The van der Waals surface area contributed by atoms with Crippen molar-refractivity contribution in [2.75, 3.05) is 5.73 Å². The third-order valence-electron chi connectivity index (χ3n) is 2.25. The van der Waals surface area contributed by atoms with Gasteiger partial charge in [0.15, 0.2) is 0 Å². The van der Waals surface area contributed by atoms with Gasteiger partial charge in [-0.3, -0.25) is 0 Å². The molecule has 0 bridgehead atoms. The fourth-order valence-corrected chi connectivity index (χ4v) is 1.58. The Morgan fingerprint density at radius 2 is 2.07 bits per heavy atom. The first-order valence-electron chi connectivity index (χ1n) is 4.21. The Bertz CT molecular complexity index is 514. The van der Waals surface area contributed by atoms with E-state index in [4.69, 9.17) is 10.8 Å². The molecule has 0 aliphatic heterocycles. The molecule has 0 fully saturated rings. The molecule has 2 rings (SSSR count). The normalized spacial score (nSPS) is 10.6. The molecule has 0 saturated carbocycles.